The van der Waals surface area contributed by atoms with Gasteiger partial charge >= 0.3 is 0 Å². The highest BCUT2D eigenvalue weighted by Crippen LogP contribution is 2.15. The van der Waals surface area contributed by atoms with Gasteiger partial charge in [0.15, 0.2) is 5.69 Å². The third kappa shape index (κ3) is 3.25. The number of hydrogen-bond donors (Lipinski definition) is 2. The van der Waals surface area contributed by atoms with Crippen molar-refractivity contribution in [1.29, 1.82) is 0 Å². The van der Waals surface area contributed by atoms with E-state index in [9.17, 15) is 4.79 Å². The molecule has 1 amide bonds. The fourth-order valence-corrected chi connectivity index (χ4v) is 1.71. The molecule has 1 aromatic heterocycles. The van der Waals surface area contributed by atoms with Crippen molar-refractivity contribution in [2.45, 2.75) is 6.92 Å². The number of benzene rings is 1. The highest BCUT2D eigenvalue weighted by molar-refractivity contribution is 6.02. The molecule has 5 heteroatoms. The van der Waals surface area contributed by atoms with Gasteiger partial charge in [0.1, 0.15) is 0 Å². The average molecular weight is 268 g/mol. The van der Waals surface area contributed by atoms with E-state index in [0.717, 1.165) is 11.1 Å². The first-order valence-corrected chi connectivity index (χ1v) is 6.20. The topological polar surface area (TPSA) is 72.9 Å². The Balaban J connectivity index is 2.19. The Morgan fingerprint density at radius 1 is 1.45 bits per heavy atom. The first-order valence-electron chi connectivity index (χ1n) is 6.20. The number of nitrogens with zero attached hydrogens (tertiary/aromatic N) is 2. The van der Waals surface area contributed by atoms with Crippen molar-refractivity contribution < 1.29 is 4.79 Å². The van der Waals surface area contributed by atoms with Gasteiger partial charge in [0, 0.05) is 24.5 Å². The van der Waals surface area contributed by atoms with Gasteiger partial charge in [-0.2, -0.15) is 5.10 Å². The monoisotopic (exact) mass is 268 g/mol. The van der Waals surface area contributed by atoms with E-state index in [-0.39, 0.29) is 5.91 Å². The highest BCUT2D eigenvalue weighted by atomic mass is 16.1. The Morgan fingerprint density at radius 2 is 2.25 bits per heavy atom. The molecule has 0 saturated heterocycles. The molecule has 0 unspecified atom stereocenters. The van der Waals surface area contributed by atoms with E-state index >= 15 is 0 Å². The zero-order chi connectivity index (χ0) is 14.5. The van der Waals surface area contributed by atoms with Gasteiger partial charge in [-0.25, -0.2) is 0 Å². The number of amides is 1. The molecule has 0 saturated carbocycles. The minimum absolute atomic E-state index is 0.243. The molecular formula is C15H16N4O. The molecule has 0 aliphatic carbocycles. The van der Waals surface area contributed by atoms with E-state index in [1.165, 1.54) is 0 Å². The van der Waals surface area contributed by atoms with E-state index in [1.54, 1.807) is 24.0 Å². The fourth-order valence-electron chi connectivity index (χ4n) is 1.71. The number of carbonyl (C=O) groups excluding carboxylic acids is 1. The summed E-state index contributed by atoms with van der Waals surface area (Å²) in [5.74, 6) is 5.55. The maximum absolute atomic E-state index is 12.0. The molecule has 5 nitrogen and oxygen atoms in total. The van der Waals surface area contributed by atoms with Crippen LogP contribution in [-0.2, 0) is 7.05 Å². The summed E-state index contributed by atoms with van der Waals surface area (Å²) < 4.78 is 1.59. The molecular weight excluding hydrogens is 252 g/mol. The van der Waals surface area contributed by atoms with Crippen LogP contribution in [0.15, 0.2) is 30.5 Å². The highest BCUT2D eigenvalue weighted by Gasteiger charge is 2.09. The summed E-state index contributed by atoms with van der Waals surface area (Å²) in [7, 11) is 1.77. The van der Waals surface area contributed by atoms with Crippen molar-refractivity contribution in [3.05, 3.63) is 47.3 Å². The SMILES string of the molecule is Cc1ccc(NC(=O)c2ccn(C)n2)cc1C#CCN. The second kappa shape index (κ2) is 6.04. The predicted octanol–water partition coefficient (Wildman–Crippen LogP) is 1.29. The molecule has 0 bridgehead atoms. The third-order valence-electron chi connectivity index (χ3n) is 2.77. The molecule has 0 fully saturated rings. The Hall–Kier alpha value is -2.58. The lowest BCUT2D eigenvalue weighted by atomic mass is 10.1. The molecule has 1 aromatic carbocycles. The Morgan fingerprint density at radius 3 is 2.90 bits per heavy atom. The Kier molecular flexibility index (Phi) is 4.18. The van der Waals surface area contributed by atoms with Crippen molar-refractivity contribution in [1.82, 2.24) is 9.78 Å². The molecule has 2 aromatic rings. The van der Waals surface area contributed by atoms with Crippen molar-refractivity contribution in [3.8, 4) is 11.8 Å². The summed E-state index contributed by atoms with van der Waals surface area (Å²) in [4.78, 5) is 12.0. The Labute approximate surface area is 117 Å². The van der Waals surface area contributed by atoms with Gasteiger partial charge in [-0.1, -0.05) is 17.9 Å². The molecule has 2 rings (SSSR count). The van der Waals surface area contributed by atoms with Crippen LogP contribution in [0.5, 0.6) is 0 Å². The molecule has 0 radical (unpaired) electrons. The van der Waals surface area contributed by atoms with Crippen LogP contribution in [0.3, 0.4) is 0 Å². The Bertz CT molecular complexity index is 691. The van der Waals surface area contributed by atoms with Gasteiger partial charge in [0.25, 0.3) is 5.91 Å². The summed E-state index contributed by atoms with van der Waals surface area (Å²) >= 11 is 0. The van der Waals surface area contributed by atoms with E-state index < -0.39 is 0 Å². The van der Waals surface area contributed by atoms with Crippen molar-refractivity contribution in [3.63, 3.8) is 0 Å². The van der Waals surface area contributed by atoms with Crippen LogP contribution < -0.4 is 11.1 Å². The lowest BCUT2D eigenvalue weighted by molar-refractivity contribution is 0.102. The molecule has 0 aliphatic heterocycles. The summed E-state index contributed by atoms with van der Waals surface area (Å²) in [6, 6.07) is 7.25. The second-order valence-corrected chi connectivity index (χ2v) is 4.36. The molecule has 1 heterocycles. The number of rotatable bonds is 2. The van der Waals surface area contributed by atoms with Gasteiger partial charge in [-0.3, -0.25) is 9.48 Å². The number of aromatic nitrogens is 2. The van der Waals surface area contributed by atoms with Crippen LogP contribution in [0.4, 0.5) is 5.69 Å². The summed E-state index contributed by atoms with van der Waals surface area (Å²) in [5.41, 5.74) is 8.33. The number of nitrogens with one attached hydrogen (secondary N) is 1. The number of carbonyl (C=O) groups is 1. The van der Waals surface area contributed by atoms with Crippen LogP contribution in [-0.4, -0.2) is 22.2 Å². The summed E-state index contributed by atoms with van der Waals surface area (Å²) in [5, 5.41) is 6.86. The average Bonchev–Trinajstić information content (AvgIpc) is 2.86. The van der Waals surface area contributed by atoms with Crippen LogP contribution in [0, 0.1) is 18.8 Å². The zero-order valence-corrected chi connectivity index (χ0v) is 11.5. The maximum Gasteiger partial charge on any atom is 0.276 e. The lowest BCUT2D eigenvalue weighted by Gasteiger charge is -2.05. The molecule has 0 spiro atoms. The van der Waals surface area contributed by atoms with Crippen LogP contribution in [0.25, 0.3) is 0 Å². The lowest BCUT2D eigenvalue weighted by Crippen LogP contribution is -2.13. The number of nitrogens with two attached hydrogens (primary N) is 1. The number of anilines is 1. The van der Waals surface area contributed by atoms with Gasteiger partial charge in [0.2, 0.25) is 0 Å². The predicted molar refractivity (Wildman–Crippen MR) is 78.3 cm³/mol. The number of aryl methyl sites for hydroxylation is 2. The minimum Gasteiger partial charge on any atom is -0.321 e. The molecule has 0 atom stereocenters. The van der Waals surface area contributed by atoms with E-state index in [0.29, 0.717) is 17.9 Å². The van der Waals surface area contributed by atoms with Crippen LogP contribution >= 0.6 is 0 Å². The minimum atomic E-state index is -0.243. The quantitative estimate of drug-likeness (QED) is 0.806. The largest absolute Gasteiger partial charge is 0.321 e. The van der Waals surface area contributed by atoms with Gasteiger partial charge < -0.3 is 11.1 Å². The van der Waals surface area contributed by atoms with Crippen molar-refractivity contribution in [2.24, 2.45) is 12.8 Å². The smallest absolute Gasteiger partial charge is 0.276 e. The van der Waals surface area contributed by atoms with Gasteiger partial charge in [0.05, 0.1) is 6.54 Å². The number of hydrogen-bond acceptors (Lipinski definition) is 3. The molecule has 0 aliphatic rings. The van der Waals surface area contributed by atoms with E-state index in [4.69, 9.17) is 5.73 Å². The summed E-state index contributed by atoms with van der Waals surface area (Å²) in [6.45, 7) is 2.27. The van der Waals surface area contributed by atoms with Gasteiger partial charge in [-0.05, 0) is 30.7 Å². The third-order valence-corrected chi connectivity index (χ3v) is 2.77. The van der Waals surface area contributed by atoms with Crippen molar-refractivity contribution >= 4 is 11.6 Å². The molecule has 102 valence electrons. The second-order valence-electron chi connectivity index (χ2n) is 4.36. The fraction of sp³-hybridized carbons (Fsp3) is 0.200. The zero-order valence-electron chi connectivity index (χ0n) is 11.5. The van der Waals surface area contributed by atoms with Crippen molar-refractivity contribution in [2.75, 3.05) is 11.9 Å². The van der Waals surface area contributed by atoms with E-state index in [1.807, 2.05) is 25.1 Å². The molecule has 3 N–H and O–H groups in total. The van der Waals surface area contributed by atoms with Crippen LogP contribution in [0.1, 0.15) is 21.6 Å². The van der Waals surface area contributed by atoms with E-state index in [2.05, 4.69) is 22.3 Å². The molecule has 20 heavy (non-hydrogen) atoms. The van der Waals surface area contributed by atoms with Gasteiger partial charge in [-0.15, -0.1) is 0 Å². The van der Waals surface area contributed by atoms with Crippen LogP contribution in [0.2, 0.25) is 0 Å². The summed E-state index contributed by atoms with van der Waals surface area (Å²) in [6.07, 6.45) is 1.72. The standard InChI is InChI=1S/C15H16N4O/c1-11-5-6-13(10-12(11)4-3-8-16)17-15(20)14-7-9-19(2)18-14/h5-7,9-10H,8,16H2,1-2H3,(H,17,20). The first-order chi connectivity index (χ1) is 9.60. The maximum atomic E-state index is 12.0. The first kappa shape index (κ1) is 13.8. The normalized spacial score (nSPS) is 9.75.